The molecule has 4 N–H and O–H groups in total. The van der Waals surface area contributed by atoms with Crippen LogP contribution in [0.1, 0.15) is 90.9 Å². The lowest BCUT2D eigenvalue weighted by Crippen LogP contribution is -1.97. The van der Waals surface area contributed by atoms with E-state index in [1.165, 1.54) is 77.0 Å². The standard InChI is InChI=1S/2C8H19N.H2O4S/c2*1-2-3-4-5-6-7-8-9;1-5(2,3)4/h2*2-9H2,1H3;(H2,1,2,3,4)/p-2. The number of rotatable bonds is 12. The van der Waals surface area contributed by atoms with E-state index in [0.717, 1.165) is 13.1 Å². The van der Waals surface area contributed by atoms with Gasteiger partial charge in [-0.05, 0) is 25.9 Å². The Labute approximate surface area is 144 Å². The summed E-state index contributed by atoms with van der Waals surface area (Å²) < 4.78 is 34.1. The van der Waals surface area contributed by atoms with Gasteiger partial charge in [-0.1, -0.05) is 78.1 Å². The van der Waals surface area contributed by atoms with E-state index in [1.807, 2.05) is 0 Å². The fourth-order valence-electron chi connectivity index (χ4n) is 1.85. The molecule has 0 radical (unpaired) electrons. The van der Waals surface area contributed by atoms with Crippen molar-refractivity contribution >= 4 is 10.4 Å². The van der Waals surface area contributed by atoms with Gasteiger partial charge in [-0.3, -0.25) is 8.42 Å². The third kappa shape index (κ3) is 61.4. The summed E-state index contributed by atoms with van der Waals surface area (Å²) in [5, 5.41) is 0. The molecule has 0 bridgehead atoms. The third-order valence-electron chi connectivity index (χ3n) is 3.12. The summed E-state index contributed by atoms with van der Waals surface area (Å²) in [6.45, 7) is 6.21. The van der Waals surface area contributed by atoms with Gasteiger partial charge in [0.25, 0.3) is 0 Å². The molecule has 7 heteroatoms. The second kappa shape index (κ2) is 24.0. The van der Waals surface area contributed by atoms with Gasteiger partial charge in [0.1, 0.15) is 0 Å². The van der Waals surface area contributed by atoms with Crippen LogP contribution in [0.4, 0.5) is 0 Å². The van der Waals surface area contributed by atoms with Gasteiger partial charge in [0, 0.05) is 10.4 Å². The van der Waals surface area contributed by atoms with Crippen molar-refractivity contribution in [2.45, 2.75) is 90.9 Å². The third-order valence-corrected chi connectivity index (χ3v) is 3.12. The maximum atomic E-state index is 8.52. The average molecular weight is 355 g/mol. The summed E-state index contributed by atoms with van der Waals surface area (Å²) in [4.78, 5) is 0. The Balaban J connectivity index is -0.000000273. The molecule has 0 atom stereocenters. The topological polar surface area (TPSA) is 132 Å². The van der Waals surface area contributed by atoms with Crippen LogP contribution in [0.25, 0.3) is 0 Å². The summed E-state index contributed by atoms with van der Waals surface area (Å²) in [5.41, 5.74) is 10.7. The molecule has 0 saturated heterocycles. The Morgan fingerprint density at radius 3 is 1.04 bits per heavy atom. The number of hydrogen-bond donors (Lipinski definition) is 2. The van der Waals surface area contributed by atoms with Crippen molar-refractivity contribution in [1.29, 1.82) is 0 Å². The maximum Gasteiger partial charge on any atom is 0.0311 e. The lowest BCUT2D eigenvalue weighted by molar-refractivity contribution is 0.352. The van der Waals surface area contributed by atoms with Crippen molar-refractivity contribution in [1.82, 2.24) is 0 Å². The number of unbranched alkanes of at least 4 members (excludes halogenated alkanes) is 10. The van der Waals surface area contributed by atoms with E-state index in [9.17, 15) is 0 Å². The molecule has 0 unspecified atom stereocenters. The van der Waals surface area contributed by atoms with Crippen molar-refractivity contribution in [3.8, 4) is 0 Å². The average Bonchev–Trinajstić information content (AvgIpc) is 2.46. The minimum atomic E-state index is -5.17. The lowest BCUT2D eigenvalue weighted by atomic mass is 10.1. The fourth-order valence-corrected chi connectivity index (χ4v) is 1.85. The molecule has 144 valence electrons. The van der Waals surface area contributed by atoms with Crippen LogP contribution in [0.5, 0.6) is 0 Å². The van der Waals surface area contributed by atoms with Gasteiger partial charge in [0.05, 0.1) is 0 Å². The molecule has 0 fully saturated rings. The van der Waals surface area contributed by atoms with Crippen LogP contribution >= 0.6 is 0 Å². The maximum absolute atomic E-state index is 8.52. The van der Waals surface area contributed by atoms with Gasteiger partial charge in [-0.15, -0.1) is 0 Å². The molecule has 0 rings (SSSR count). The predicted molar refractivity (Wildman–Crippen MR) is 95.3 cm³/mol. The minimum Gasteiger partial charge on any atom is -0.759 e. The largest absolute Gasteiger partial charge is 0.759 e. The van der Waals surface area contributed by atoms with Crippen molar-refractivity contribution < 1.29 is 17.5 Å². The summed E-state index contributed by atoms with van der Waals surface area (Å²) >= 11 is 0. The molecule has 0 spiro atoms. The van der Waals surface area contributed by atoms with Crippen LogP contribution in [0.2, 0.25) is 0 Å². The molecule has 6 nitrogen and oxygen atoms in total. The quantitative estimate of drug-likeness (QED) is 0.314. The highest BCUT2D eigenvalue weighted by atomic mass is 32.3. The van der Waals surface area contributed by atoms with Gasteiger partial charge >= 0.3 is 0 Å². The second-order valence-electron chi connectivity index (χ2n) is 5.52. The molecule has 0 aromatic carbocycles. The zero-order chi connectivity index (χ0) is 18.4. The summed E-state index contributed by atoms with van der Waals surface area (Å²) in [5.74, 6) is 0. The van der Waals surface area contributed by atoms with Gasteiger partial charge in [-0.2, -0.15) is 0 Å². The van der Waals surface area contributed by atoms with E-state index < -0.39 is 10.4 Å². The minimum absolute atomic E-state index is 0.867. The first-order valence-electron chi connectivity index (χ1n) is 8.90. The molecule has 0 aromatic heterocycles. The highest BCUT2D eigenvalue weighted by molar-refractivity contribution is 7.79. The van der Waals surface area contributed by atoms with E-state index in [1.54, 1.807) is 0 Å². The Hall–Kier alpha value is -0.210. The van der Waals surface area contributed by atoms with Gasteiger partial charge in [0.15, 0.2) is 0 Å². The first kappa shape index (κ1) is 27.6. The highest BCUT2D eigenvalue weighted by Gasteiger charge is 1.86. The molecule has 0 amide bonds. The Bertz CT molecular complexity index is 252. The van der Waals surface area contributed by atoms with Gasteiger partial charge < -0.3 is 20.6 Å². The van der Waals surface area contributed by atoms with E-state index >= 15 is 0 Å². The van der Waals surface area contributed by atoms with Crippen LogP contribution < -0.4 is 11.5 Å². The fraction of sp³-hybridized carbons (Fsp3) is 1.00. The molecule has 0 aliphatic heterocycles. The van der Waals surface area contributed by atoms with E-state index in [0.29, 0.717) is 0 Å². The first-order chi connectivity index (χ1) is 10.8. The molecule has 0 aliphatic rings. The SMILES string of the molecule is CCCCCCCCN.CCCCCCCCN.O=S(=O)([O-])[O-]. The summed E-state index contributed by atoms with van der Waals surface area (Å²) in [6, 6.07) is 0. The van der Waals surface area contributed by atoms with Gasteiger partial charge in [0.2, 0.25) is 0 Å². The number of hydrogen-bond acceptors (Lipinski definition) is 6. The summed E-state index contributed by atoms with van der Waals surface area (Å²) in [6.07, 6.45) is 16.1. The van der Waals surface area contributed by atoms with Crippen LogP contribution in [0.15, 0.2) is 0 Å². The van der Waals surface area contributed by atoms with Crippen molar-refractivity contribution in [3.63, 3.8) is 0 Å². The Morgan fingerprint density at radius 1 is 0.609 bits per heavy atom. The molecule has 0 saturated carbocycles. The van der Waals surface area contributed by atoms with Crippen LogP contribution in [-0.4, -0.2) is 30.6 Å². The zero-order valence-electron chi connectivity index (χ0n) is 15.1. The smallest absolute Gasteiger partial charge is 0.0311 e. The lowest BCUT2D eigenvalue weighted by Gasteiger charge is -2.06. The van der Waals surface area contributed by atoms with Crippen molar-refractivity contribution in [3.05, 3.63) is 0 Å². The van der Waals surface area contributed by atoms with Gasteiger partial charge in [-0.25, -0.2) is 0 Å². The zero-order valence-corrected chi connectivity index (χ0v) is 15.9. The molecule has 0 aliphatic carbocycles. The molecular weight excluding hydrogens is 316 g/mol. The molecule has 0 heterocycles. The van der Waals surface area contributed by atoms with Crippen molar-refractivity contribution in [2.75, 3.05) is 13.1 Å². The normalized spacial score (nSPS) is 10.3. The van der Waals surface area contributed by atoms with Crippen molar-refractivity contribution in [2.24, 2.45) is 11.5 Å². The Morgan fingerprint density at radius 2 is 0.826 bits per heavy atom. The molecule has 0 aromatic rings. The van der Waals surface area contributed by atoms with E-state index in [4.69, 9.17) is 29.0 Å². The molecule has 23 heavy (non-hydrogen) atoms. The predicted octanol–water partition coefficient (Wildman–Crippen LogP) is 3.27. The van der Waals surface area contributed by atoms with Crippen LogP contribution in [0, 0.1) is 0 Å². The monoisotopic (exact) mass is 354 g/mol. The first-order valence-corrected chi connectivity index (χ1v) is 10.2. The molecular formula is C16H38N2O4S-2. The van der Waals surface area contributed by atoms with Crippen LogP contribution in [0.3, 0.4) is 0 Å². The highest BCUT2D eigenvalue weighted by Crippen LogP contribution is 2.04. The second-order valence-corrected chi connectivity index (χ2v) is 6.34. The van der Waals surface area contributed by atoms with Crippen LogP contribution in [-0.2, 0) is 10.4 Å². The summed E-state index contributed by atoms with van der Waals surface area (Å²) in [7, 11) is -5.17. The Kier molecular flexibility index (Phi) is 28.9. The van der Waals surface area contributed by atoms with E-state index in [2.05, 4.69) is 13.8 Å². The van der Waals surface area contributed by atoms with E-state index in [-0.39, 0.29) is 0 Å². The number of nitrogens with two attached hydrogens (primary N) is 2.